The van der Waals surface area contributed by atoms with E-state index >= 15 is 0 Å². The Morgan fingerprint density at radius 2 is 2.27 bits per heavy atom. The fourth-order valence-corrected chi connectivity index (χ4v) is 2.73. The van der Waals surface area contributed by atoms with Gasteiger partial charge in [-0.1, -0.05) is 0 Å². The molecule has 2 aromatic heterocycles. The second-order valence-corrected chi connectivity index (χ2v) is 4.93. The highest BCUT2D eigenvalue weighted by atomic mass is 32.1. The summed E-state index contributed by atoms with van der Waals surface area (Å²) in [6.45, 7) is 6.13. The molecule has 0 aliphatic carbocycles. The molecule has 0 bridgehead atoms. The van der Waals surface area contributed by atoms with Crippen molar-refractivity contribution in [2.24, 2.45) is 0 Å². The minimum atomic E-state index is 0.209. The maximum Gasteiger partial charge on any atom is 0.177 e. The van der Waals surface area contributed by atoms with Crippen LogP contribution in [-0.2, 0) is 0 Å². The van der Waals surface area contributed by atoms with Crippen LogP contribution < -0.4 is 0 Å². The molecule has 1 atom stereocenters. The molecule has 0 saturated heterocycles. The van der Waals surface area contributed by atoms with Gasteiger partial charge in [-0.25, -0.2) is 4.98 Å². The van der Waals surface area contributed by atoms with E-state index in [0.717, 1.165) is 21.2 Å². The summed E-state index contributed by atoms with van der Waals surface area (Å²) in [5, 5.41) is 3.16. The lowest BCUT2D eigenvalue weighted by Gasteiger charge is -2.09. The second kappa shape index (κ2) is 3.90. The van der Waals surface area contributed by atoms with Crippen molar-refractivity contribution in [2.45, 2.75) is 26.8 Å². The lowest BCUT2D eigenvalue weighted by atomic mass is 10.3. The average Bonchev–Trinajstić information content (AvgIpc) is 2.71. The van der Waals surface area contributed by atoms with Crippen molar-refractivity contribution in [3.05, 3.63) is 32.7 Å². The monoisotopic (exact) mass is 239 g/mol. The van der Waals surface area contributed by atoms with Crippen LogP contribution in [0.5, 0.6) is 0 Å². The van der Waals surface area contributed by atoms with Gasteiger partial charge in [-0.05, 0) is 33.0 Å². The minimum absolute atomic E-state index is 0.209. The molecule has 3 nitrogen and oxygen atoms in total. The van der Waals surface area contributed by atoms with E-state index in [1.807, 2.05) is 24.6 Å². The minimum Gasteiger partial charge on any atom is -0.335 e. The molecule has 0 radical (unpaired) electrons. The van der Waals surface area contributed by atoms with Crippen molar-refractivity contribution in [1.29, 1.82) is 0 Å². The SMILES string of the molecule is Cc1csc(C(C)n2cc(C)[nH]c2=S)n1. The normalized spacial score (nSPS) is 13.0. The van der Waals surface area contributed by atoms with Crippen LogP contribution in [0.25, 0.3) is 0 Å². The summed E-state index contributed by atoms with van der Waals surface area (Å²) in [7, 11) is 0. The number of aryl methyl sites for hydroxylation is 2. The number of thiazole rings is 1. The Morgan fingerprint density at radius 3 is 2.73 bits per heavy atom. The molecule has 0 aromatic carbocycles. The number of imidazole rings is 1. The van der Waals surface area contributed by atoms with Gasteiger partial charge < -0.3 is 9.55 Å². The summed E-state index contributed by atoms with van der Waals surface area (Å²) < 4.78 is 2.80. The first-order chi connectivity index (χ1) is 7.08. The van der Waals surface area contributed by atoms with E-state index in [1.165, 1.54) is 0 Å². The van der Waals surface area contributed by atoms with E-state index in [1.54, 1.807) is 11.3 Å². The van der Waals surface area contributed by atoms with Crippen LogP contribution in [0.1, 0.15) is 29.4 Å². The van der Waals surface area contributed by atoms with E-state index < -0.39 is 0 Å². The molecule has 2 aromatic rings. The van der Waals surface area contributed by atoms with Gasteiger partial charge in [0.2, 0.25) is 0 Å². The van der Waals surface area contributed by atoms with Crippen molar-refractivity contribution in [3.8, 4) is 0 Å². The summed E-state index contributed by atoms with van der Waals surface area (Å²) in [6.07, 6.45) is 2.03. The zero-order valence-corrected chi connectivity index (χ0v) is 10.6. The molecule has 0 aliphatic heterocycles. The molecule has 2 rings (SSSR count). The number of hydrogen-bond donors (Lipinski definition) is 1. The van der Waals surface area contributed by atoms with E-state index in [2.05, 4.69) is 22.3 Å². The Bertz CT molecular complexity index is 521. The molecule has 1 unspecified atom stereocenters. The quantitative estimate of drug-likeness (QED) is 0.816. The van der Waals surface area contributed by atoms with Crippen molar-refractivity contribution in [3.63, 3.8) is 0 Å². The van der Waals surface area contributed by atoms with Crippen LogP contribution in [0.2, 0.25) is 0 Å². The third-order valence-electron chi connectivity index (χ3n) is 2.28. The third kappa shape index (κ3) is 2.03. The largest absolute Gasteiger partial charge is 0.335 e. The first kappa shape index (κ1) is 10.6. The number of nitrogens with one attached hydrogen (secondary N) is 1. The number of hydrogen-bond acceptors (Lipinski definition) is 3. The molecule has 0 fully saturated rings. The van der Waals surface area contributed by atoms with Gasteiger partial charge in [-0.3, -0.25) is 0 Å². The van der Waals surface area contributed by atoms with Crippen LogP contribution in [0.15, 0.2) is 11.6 Å². The summed E-state index contributed by atoms with van der Waals surface area (Å²) in [5.74, 6) is 0. The number of aromatic amines is 1. The Balaban J connectivity index is 2.40. The maximum absolute atomic E-state index is 5.24. The van der Waals surface area contributed by atoms with Crippen molar-refractivity contribution in [2.75, 3.05) is 0 Å². The van der Waals surface area contributed by atoms with E-state index in [9.17, 15) is 0 Å². The maximum atomic E-state index is 5.24. The molecule has 0 aliphatic rings. The molecule has 15 heavy (non-hydrogen) atoms. The fourth-order valence-electron chi connectivity index (χ4n) is 1.50. The average molecular weight is 239 g/mol. The molecule has 1 N–H and O–H groups in total. The molecule has 0 saturated carbocycles. The standard InChI is InChI=1S/C10H13N3S2/c1-6-4-13(10(14)12-6)8(3)9-11-7(2)5-15-9/h4-5,8H,1-3H3,(H,12,14). The Labute approximate surface area is 97.8 Å². The molecular weight excluding hydrogens is 226 g/mol. The first-order valence-electron chi connectivity index (χ1n) is 4.77. The van der Waals surface area contributed by atoms with E-state index in [4.69, 9.17) is 12.2 Å². The smallest absolute Gasteiger partial charge is 0.177 e. The topological polar surface area (TPSA) is 33.6 Å². The second-order valence-electron chi connectivity index (χ2n) is 3.65. The van der Waals surface area contributed by atoms with Crippen LogP contribution >= 0.6 is 23.6 Å². The fraction of sp³-hybridized carbons (Fsp3) is 0.400. The Hall–Kier alpha value is -0.940. The van der Waals surface area contributed by atoms with Crippen molar-refractivity contribution in [1.82, 2.24) is 14.5 Å². The van der Waals surface area contributed by atoms with E-state index in [-0.39, 0.29) is 6.04 Å². The molecule has 80 valence electrons. The molecule has 2 heterocycles. The zero-order chi connectivity index (χ0) is 11.0. The van der Waals surface area contributed by atoms with Gasteiger partial charge >= 0.3 is 0 Å². The first-order valence-corrected chi connectivity index (χ1v) is 6.06. The highest BCUT2D eigenvalue weighted by molar-refractivity contribution is 7.71. The van der Waals surface area contributed by atoms with Crippen LogP contribution in [-0.4, -0.2) is 14.5 Å². The summed E-state index contributed by atoms with van der Waals surface area (Å²) in [4.78, 5) is 7.59. The predicted octanol–water partition coefficient (Wildman–Crippen LogP) is 3.23. The van der Waals surface area contributed by atoms with Gasteiger partial charge in [-0.2, -0.15) is 0 Å². The van der Waals surface area contributed by atoms with Crippen molar-refractivity contribution < 1.29 is 0 Å². The summed E-state index contributed by atoms with van der Waals surface area (Å²) in [6, 6.07) is 0.209. The predicted molar refractivity (Wildman–Crippen MR) is 65.0 cm³/mol. The van der Waals surface area contributed by atoms with Gasteiger partial charge in [0.15, 0.2) is 4.77 Å². The van der Waals surface area contributed by atoms with Crippen LogP contribution in [0.3, 0.4) is 0 Å². The van der Waals surface area contributed by atoms with Gasteiger partial charge in [0, 0.05) is 23.0 Å². The number of H-pyrrole nitrogens is 1. The van der Waals surface area contributed by atoms with E-state index in [0.29, 0.717) is 0 Å². The highest BCUT2D eigenvalue weighted by Gasteiger charge is 2.12. The van der Waals surface area contributed by atoms with Gasteiger partial charge in [0.25, 0.3) is 0 Å². The zero-order valence-electron chi connectivity index (χ0n) is 8.94. The molecule has 5 heteroatoms. The number of aromatic nitrogens is 3. The Kier molecular flexibility index (Phi) is 2.75. The Morgan fingerprint density at radius 1 is 1.53 bits per heavy atom. The van der Waals surface area contributed by atoms with Gasteiger partial charge in [-0.15, -0.1) is 11.3 Å². The van der Waals surface area contributed by atoms with Crippen molar-refractivity contribution >= 4 is 23.6 Å². The van der Waals surface area contributed by atoms with Gasteiger partial charge in [0.05, 0.1) is 6.04 Å². The summed E-state index contributed by atoms with van der Waals surface area (Å²) in [5.41, 5.74) is 2.15. The number of rotatable bonds is 2. The molecule has 0 spiro atoms. The van der Waals surface area contributed by atoms with Crippen LogP contribution in [0, 0.1) is 18.6 Å². The summed E-state index contributed by atoms with van der Waals surface area (Å²) >= 11 is 6.92. The number of nitrogens with zero attached hydrogens (tertiary/aromatic N) is 2. The molecule has 0 amide bonds. The van der Waals surface area contributed by atoms with Crippen LogP contribution in [0.4, 0.5) is 0 Å². The molecular formula is C10H13N3S2. The van der Waals surface area contributed by atoms with Gasteiger partial charge in [0.1, 0.15) is 5.01 Å². The third-order valence-corrected chi connectivity index (χ3v) is 3.73. The lowest BCUT2D eigenvalue weighted by Crippen LogP contribution is -2.05. The highest BCUT2D eigenvalue weighted by Crippen LogP contribution is 2.22. The lowest BCUT2D eigenvalue weighted by molar-refractivity contribution is 0.624.